The highest BCUT2D eigenvalue weighted by Crippen LogP contribution is 2.23. The summed E-state index contributed by atoms with van der Waals surface area (Å²) < 4.78 is 39.0. The van der Waals surface area contributed by atoms with Gasteiger partial charge in [0.2, 0.25) is 10.0 Å². The molecule has 0 aliphatic carbocycles. The Morgan fingerprint density at radius 3 is 2.58 bits per heavy atom. The van der Waals surface area contributed by atoms with Gasteiger partial charge in [0.25, 0.3) is 0 Å². The number of sulfonamides is 1. The molecule has 0 aliphatic rings. The summed E-state index contributed by atoms with van der Waals surface area (Å²) in [5.74, 6) is -0.884. The lowest BCUT2D eigenvalue weighted by molar-refractivity contribution is 0.392. The maximum atomic E-state index is 13.4. The smallest absolute Gasteiger partial charge is 0.207 e. The molecule has 100 valence electrons. The number of benzene rings is 1. The predicted octanol–water partition coefficient (Wildman–Crippen LogP) is 1.62. The fourth-order valence-electron chi connectivity index (χ4n) is 1.48. The molecule has 0 aromatic heterocycles. The van der Waals surface area contributed by atoms with Crippen molar-refractivity contribution in [1.29, 1.82) is 10.5 Å². The van der Waals surface area contributed by atoms with Gasteiger partial charge in [0.1, 0.15) is 22.3 Å². The van der Waals surface area contributed by atoms with Crippen molar-refractivity contribution in [3.63, 3.8) is 0 Å². The lowest BCUT2D eigenvalue weighted by Gasteiger charge is -2.22. The van der Waals surface area contributed by atoms with Gasteiger partial charge in [0.15, 0.2) is 0 Å². The molecule has 0 spiro atoms. The molecule has 0 saturated heterocycles. The van der Waals surface area contributed by atoms with Gasteiger partial charge in [-0.05, 0) is 19.1 Å². The van der Waals surface area contributed by atoms with Crippen molar-refractivity contribution in [3.8, 4) is 12.1 Å². The van der Waals surface area contributed by atoms with Crippen LogP contribution in [0.4, 0.5) is 4.39 Å². The summed E-state index contributed by atoms with van der Waals surface area (Å²) in [5, 5.41) is 17.4. The van der Waals surface area contributed by atoms with Gasteiger partial charge in [-0.2, -0.15) is 14.8 Å². The minimum absolute atomic E-state index is 0.00688. The number of rotatable bonds is 4. The monoisotopic (exact) mass is 281 g/mol. The molecule has 0 amide bonds. The molecule has 1 rings (SSSR count). The standard InChI is InChI=1S/C12H12FN3O2S/c1-9(6-7-14)16(2)19(17,18)12-5-3-4-11(13)10(12)8-15/h3-5,9H,6H2,1-2H3. The average molecular weight is 281 g/mol. The average Bonchev–Trinajstić information content (AvgIpc) is 2.37. The van der Waals surface area contributed by atoms with Gasteiger partial charge in [-0.3, -0.25) is 0 Å². The van der Waals surface area contributed by atoms with E-state index in [1.54, 1.807) is 13.0 Å². The molecule has 1 aromatic rings. The van der Waals surface area contributed by atoms with Crippen molar-refractivity contribution in [2.75, 3.05) is 7.05 Å². The predicted molar refractivity (Wildman–Crippen MR) is 65.8 cm³/mol. The topological polar surface area (TPSA) is 85.0 Å². The molecule has 1 unspecified atom stereocenters. The maximum absolute atomic E-state index is 13.4. The Balaban J connectivity index is 3.34. The normalized spacial score (nSPS) is 12.7. The number of nitrogens with zero attached hydrogens (tertiary/aromatic N) is 3. The van der Waals surface area contributed by atoms with Crippen LogP contribution in [-0.2, 0) is 10.0 Å². The number of hydrogen-bond donors (Lipinski definition) is 0. The molecule has 0 fully saturated rings. The number of hydrogen-bond acceptors (Lipinski definition) is 4. The first kappa shape index (κ1) is 15.1. The fourth-order valence-corrected chi connectivity index (χ4v) is 2.99. The summed E-state index contributed by atoms with van der Waals surface area (Å²) >= 11 is 0. The molecule has 5 nitrogen and oxygen atoms in total. The van der Waals surface area contributed by atoms with E-state index in [-0.39, 0.29) is 11.3 Å². The zero-order chi connectivity index (χ0) is 14.6. The first-order valence-corrected chi connectivity index (χ1v) is 6.83. The molecule has 0 bridgehead atoms. The maximum Gasteiger partial charge on any atom is 0.244 e. The second-order valence-electron chi connectivity index (χ2n) is 3.96. The van der Waals surface area contributed by atoms with Crippen molar-refractivity contribution < 1.29 is 12.8 Å². The Hall–Kier alpha value is -1.96. The molecule has 0 heterocycles. The Morgan fingerprint density at radius 2 is 2.05 bits per heavy atom. The third-order valence-corrected chi connectivity index (χ3v) is 4.77. The summed E-state index contributed by atoms with van der Waals surface area (Å²) in [6.07, 6.45) is 0.00688. The van der Waals surface area contributed by atoms with E-state index in [4.69, 9.17) is 10.5 Å². The van der Waals surface area contributed by atoms with Crippen LogP contribution in [0, 0.1) is 28.5 Å². The molecule has 19 heavy (non-hydrogen) atoms. The van der Waals surface area contributed by atoms with E-state index < -0.39 is 27.4 Å². The van der Waals surface area contributed by atoms with Crippen molar-refractivity contribution in [2.45, 2.75) is 24.3 Å². The highest BCUT2D eigenvalue weighted by atomic mass is 32.2. The van der Waals surface area contributed by atoms with E-state index in [0.717, 1.165) is 10.4 Å². The minimum Gasteiger partial charge on any atom is -0.207 e. The van der Waals surface area contributed by atoms with Crippen LogP contribution in [0.15, 0.2) is 23.1 Å². The van der Waals surface area contributed by atoms with Crippen molar-refractivity contribution in [3.05, 3.63) is 29.6 Å². The van der Waals surface area contributed by atoms with Crippen LogP contribution in [0.5, 0.6) is 0 Å². The molecule has 7 heteroatoms. The van der Waals surface area contributed by atoms with Crippen LogP contribution in [0.2, 0.25) is 0 Å². The zero-order valence-electron chi connectivity index (χ0n) is 10.5. The first-order chi connectivity index (χ1) is 8.86. The van der Waals surface area contributed by atoms with E-state index in [9.17, 15) is 12.8 Å². The van der Waals surface area contributed by atoms with E-state index in [0.29, 0.717) is 0 Å². The van der Waals surface area contributed by atoms with Crippen LogP contribution >= 0.6 is 0 Å². The lowest BCUT2D eigenvalue weighted by atomic mass is 10.2. The highest BCUT2D eigenvalue weighted by Gasteiger charge is 2.28. The lowest BCUT2D eigenvalue weighted by Crippen LogP contribution is -2.35. The van der Waals surface area contributed by atoms with E-state index in [1.807, 2.05) is 6.07 Å². The summed E-state index contributed by atoms with van der Waals surface area (Å²) in [6, 6.07) is 6.28. The minimum atomic E-state index is -4.01. The highest BCUT2D eigenvalue weighted by molar-refractivity contribution is 7.89. The Morgan fingerprint density at radius 1 is 1.42 bits per heavy atom. The Kier molecular flexibility index (Phi) is 4.60. The molecule has 0 N–H and O–H groups in total. The van der Waals surface area contributed by atoms with Crippen molar-refractivity contribution >= 4 is 10.0 Å². The fraction of sp³-hybridized carbons (Fsp3) is 0.333. The van der Waals surface area contributed by atoms with E-state index >= 15 is 0 Å². The summed E-state index contributed by atoms with van der Waals surface area (Å²) in [4.78, 5) is -0.387. The quantitative estimate of drug-likeness (QED) is 0.839. The van der Waals surface area contributed by atoms with E-state index in [1.165, 1.54) is 19.2 Å². The molecule has 1 atom stereocenters. The van der Waals surface area contributed by atoms with Gasteiger partial charge in [-0.15, -0.1) is 0 Å². The van der Waals surface area contributed by atoms with Gasteiger partial charge in [0, 0.05) is 13.1 Å². The van der Waals surface area contributed by atoms with Crippen molar-refractivity contribution in [2.24, 2.45) is 0 Å². The SMILES string of the molecule is CC(CC#N)N(C)S(=O)(=O)c1cccc(F)c1C#N. The van der Waals surface area contributed by atoms with Crippen LogP contribution in [0.25, 0.3) is 0 Å². The largest absolute Gasteiger partial charge is 0.244 e. The summed E-state index contributed by atoms with van der Waals surface area (Å²) in [5.41, 5.74) is -0.515. The van der Waals surface area contributed by atoms with Crippen LogP contribution in [-0.4, -0.2) is 25.8 Å². The first-order valence-electron chi connectivity index (χ1n) is 5.39. The molecular weight excluding hydrogens is 269 g/mol. The molecular formula is C12H12FN3O2S. The molecule has 1 aromatic carbocycles. The van der Waals surface area contributed by atoms with Gasteiger partial charge in [0.05, 0.1) is 12.5 Å². The molecule has 0 saturated carbocycles. The van der Waals surface area contributed by atoms with Gasteiger partial charge < -0.3 is 0 Å². The summed E-state index contributed by atoms with van der Waals surface area (Å²) in [6.45, 7) is 1.56. The second-order valence-corrected chi connectivity index (χ2v) is 5.92. The van der Waals surface area contributed by atoms with Gasteiger partial charge in [-0.1, -0.05) is 6.07 Å². The van der Waals surface area contributed by atoms with Gasteiger partial charge in [-0.25, -0.2) is 12.8 Å². The molecule has 0 radical (unpaired) electrons. The zero-order valence-corrected chi connectivity index (χ0v) is 11.3. The third kappa shape index (κ3) is 2.90. The summed E-state index contributed by atoms with van der Waals surface area (Å²) in [7, 11) is -2.71. The van der Waals surface area contributed by atoms with Crippen LogP contribution in [0.3, 0.4) is 0 Å². The van der Waals surface area contributed by atoms with Gasteiger partial charge >= 0.3 is 0 Å². The van der Waals surface area contributed by atoms with Crippen LogP contribution in [0.1, 0.15) is 18.9 Å². The van der Waals surface area contributed by atoms with Crippen molar-refractivity contribution in [1.82, 2.24) is 4.31 Å². The Bertz CT molecular complexity index is 659. The number of nitriles is 2. The third-order valence-electron chi connectivity index (χ3n) is 2.75. The van der Waals surface area contributed by atoms with E-state index in [2.05, 4.69) is 0 Å². The number of halogens is 1. The van der Waals surface area contributed by atoms with Crippen LogP contribution < -0.4 is 0 Å². The second kappa shape index (κ2) is 5.79. The molecule has 0 aliphatic heterocycles. The Labute approximate surface area is 111 Å².